The number of hydrogen-bond donors (Lipinski definition) is 3. The van der Waals surface area contributed by atoms with Crippen molar-refractivity contribution in [3.63, 3.8) is 0 Å². The normalized spacial score (nSPS) is 11.6. The van der Waals surface area contributed by atoms with E-state index in [4.69, 9.17) is 15.2 Å². The van der Waals surface area contributed by atoms with Crippen molar-refractivity contribution in [2.24, 2.45) is 5.92 Å². The largest absolute Gasteiger partial charge is 0.369 e. The van der Waals surface area contributed by atoms with Crippen molar-refractivity contribution in [3.8, 4) is 0 Å². The summed E-state index contributed by atoms with van der Waals surface area (Å²) in [7, 11) is -4.39. The summed E-state index contributed by atoms with van der Waals surface area (Å²) < 4.78 is 11.1. The summed E-state index contributed by atoms with van der Waals surface area (Å²) in [6.07, 6.45) is 2.40. The van der Waals surface area contributed by atoms with E-state index in [2.05, 4.69) is 24.3 Å². The highest BCUT2D eigenvalue weighted by Crippen LogP contribution is 2.38. The maximum absolute atomic E-state index is 11.1. The van der Waals surface area contributed by atoms with Crippen LogP contribution in [0.5, 0.6) is 0 Å². The molecule has 0 unspecified atom stereocenters. The smallest absolute Gasteiger partial charge is 0.320 e. The number of rotatable bonds is 8. The molecule has 0 atom stereocenters. The lowest BCUT2D eigenvalue weighted by Crippen LogP contribution is -2.11. The fourth-order valence-electron chi connectivity index (χ4n) is 2.66. The molecule has 0 bridgehead atoms. The van der Waals surface area contributed by atoms with Gasteiger partial charge < -0.3 is 9.79 Å². The monoisotopic (exact) mass is 331 g/mol. The van der Waals surface area contributed by atoms with E-state index in [0.29, 0.717) is 6.42 Å². The minimum atomic E-state index is -4.39. The maximum atomic E-state index is 11.1. The van der Waals surface area contributed by atoms with Crippen molar-refractivity contribution in [3.05, 3.63) is 71.8 Å². The van der Waals surface area contributed by atoms with Crippen molar-refractivity contribution in [2.75, 3.05) is 0 Å². The van der Waals surface area contributed by atoms with E-state index in [1.54, 1.807) is 0 Å². The molecule has 4 nitrogen and oxygen atoms in total. The highest BCUT2D eigenvalue weighted by atomic mass is 31.2. The molecule has 0 spiro atoms. The standard InChI is InChI=1S/C18H22NO3P/c19-18(23(20,21)22)12-11-17(13-15-7-3-1-4-8-15)14-16-9-5-2-6-10-16/h1-10,17,19H,11-14H2,(H2,20,21,22). The quantitative estimate of drug-likeness (QED) is 0.505. The second-order valence-electron chi connectivity index (χ2n) is 5.77. The van der Waals surface area contributed by atoms with Crippen molar-refractivity contribution >= 4 is 13.0 Å². The molecular formula is C18H22NO3P. The topological polar surface area (TPSA) is 81.4 Å². The third-order valence-corrected chi connectivity index (χ3v) is 4.80. The van der Waals surface area contributed by atoms with E-state index in [1.807, 2.05) is 36.4 Å². The predicted octanol–water partition coefficient (Wildman–Crippen LogP) is 4.02. The van der Waals surface area contributed by atoms with Crippen LogP contribution in [0.4, 0.5) is 0 Å². The molecule has 0 aliphatic carbocycles. The molecule has 0 aliphatic rings. The highest BCUT2D eigenvalue weighted by Gasteiger charge is 2.22. The van der Waals surface area contributed by atoms with Gasteiger partial charge in [0.15, 0.2) is 0 Å². The van der Waals surface area contributed by atoms with Gasteiger partial charge >= 0.3 is 7.60 Å². The summed E-state index contributed by atoms with van der Waals surface area (Å²) in [5.41, 5.74) is 1.94. The Morgan fingerprint density at radius 2 is 1.35 bits per heavy atom. The van der Waals surface area contributed by atoms with Gasteiger partial charge in [-0.25, -0.2) is 0 Å². The lowest BCUT2D eigenvalue weighted by atomic mass is 9.89. The molecule has 0 heterocycles. The van der Waals surface area contributed by atoms with E-state index in [0.717, 1.165) is 12.8 Å². The summed E-state index contributed by atoms with van der Waals surface area (Å²) in [5.74, 6) is 0.242. The Morgan fingerprint density at radius 3 is 1.74 bits per heavy atom. The van der Waals surface area contributed by atoms with Crippen LogP contribution in [0.25, 0.3) is 0 Å². The molecule has 2 aromatic rings. The first-order chi connectivity index (χ1) is 10.9. The SMILES string of the molecule is N=C(CCC(Cc1ccccc1)Cc1ccccc1)P(=O)(O)O. The molecule has 23 heavy (non-hydrogen) atoms. The van der Waals surface area contributed by atoms with E-state index >= 15 is 0 Å². The molecule has 0 amide bonds. The Bertz CT molecular complexity index is 626. The van der Waals surface area contributed by atoms with Gasteiger partial charge in [0.2, 0.25) is 0 Å². The molecule has 122 valence electrons. The van der Waals surface area contributed by atoms with Crippen LogP contribution in [-0.2, 0) is 17.4 Å². The van der Waals surface area contributed by atoms with Crippen LogP contribution in [0, 0.1) is 11.3 Å². The molecule has 0 aromatic heterocycles. The number of nitrogens with one attached hydrogen (secondary N) is 1. The van der Waals surface area contributed by atoms with Gasteiger partial charge in [-0.05, 0) is 42.7 Å². The van der Waals surface area contributed by atoms with Crippen LogP contribution >= 0.6 is 7.60 Å². The fourth-order valence-corrected chi connectivity index (χ4v) is 3.08. The Kier molecular flexibility index (Phi) is 6.28. The molecule has 5 heteroatoms. The molecular weight excluding hydrogens is 309 g/mol. The van der Waals surface area contributed by atoms with Gasteiger partial charge in [0.25, 0.3) is 0 Å². The Labute approximate surface area is 136 Å². The molecule has 2 aromatic carbocycles. The fraction of sp³-hybridized carbons (Fsp3) is 0.278. The molecule has 3 N–H and O–H groups in total. The van der Waals surface area contributed by atoms with Gasteiger partial charge in [0.05, 0.1) is 0 Å². The van der Waals surface area contributed by atoms with Gasteiger partial charge in [-0.15, -0.1) is 0 Å². The van der Waals surface area contributed by atoms with Crippen LogP contribution in [0.3, 0.4) is 0 Å². The molecule has 0 radical (unpaired) electrons. The van der Waals surface area contributed by atoms with Crippen LogP contribution in [0.1, 0.15) is 24.0 Å². The summed E-state index contributed by atoms with van der Waals surface area (Å²) >= 11 is 0. The van der Waals surface area contributed by atoms with Crippen molar-refractivity contribution in [1.29, 1.82) is 5.41 Å². The third kappa shape index (κ3) is 6.11. The van der Waals surface area contributed by atoms with E-state index in [1.165, 1.54) is 11.1 Å². The second-order valence-corrected chi connectivity index (χ2v) is 7.40. The zero-order valence-corrected chi connectivity index (χ0v) is 13.8. The van der Waals surface area contributed by atoms with Crippen molar-refractivity contribution in [2.45, 2.75) is 25.7 Å². The molecule has 0 fully saturated rings. The first kappa shape index (κ1) is 17.6. The van der Waals surface area contributed by atoms with Crippen LogP contribution in [0.2, 0.25) is 0 Å². The number of benzene rings is 2. The predicted molar refractivity (Wildman–Crippen MR) is 92.8 cm³/mol. The average molecular weight is 331 g/mol. The minimum Gasteiger partial charge on any atom is -0.320 e. The molecule has 0 saturated carbocycles. The summed E-state index contributed by atoms with van der Waals surface area (Å²) in [6.45, 7) is 0. The van der Waals surface area contributed by atoms with E-state index in [-0.39, 0.29) is 12.3 Å². The zero-order chi connectivity index (χ0) is 16.7. The zero-order valence-electron chi connectivity index (χ0n) is 12.9. The van der Waals surface area contributed by atoms with Gasteiger partial charge in [-0.3, -0.25) is 9.97 Å². The van der Waals surface area contributed by atoms with Gasteiger partial charge in [-0.2, -0.15) is 0 Å². The van der Waals surface area contributed by atoms with Crippen LogP contribution in [0.15, 0.2) is 60.7 Å². The third-order valence-electron chi connectivity index (χ3n) is 3.88. The summed E-state index contributed by atoms with van der Waals surface area (Å²) in [5, 5.41) is 7.53. The summed E-state index contributed by atoms with van der Waals surface area (Å²) in [4.78, 5) is 18.1. The van der Waals surface area contributed by atoms with Crippen LogP contribution < -0.4 is 0 Å². The lowest BCUT2D eigenvalue weighted by molar-refractivity contribution is 0.388. The van der Waals surface area contributed by atoms with Crippen molar-refractivity contribution in [1.82, 2.24) is 0 Å². The second kappa shape index (κ2) is 8.21. The number of hydrogen-bond acceptors (Lipinski definition) is 2. The molecule has 0 saturated heterocycles. The van der Waals surface area contributed by atoms with Gasteiger partial charge in [0, 0.05) is 0 Å². The Hall–Kier alpha value is -1.74. The van der Waals surface area contributed by atoms with Gasteiger partial charge in [0.1, 0.15) is 5.45 Å². The molecule has 0 aliphatic heterocycles. The van der Waals surface area contributed by atoms with Crippen LogP contribution in [-0.4, -0.2) is 15.2 Å². The van der Waals surface area contributed by atoms with Crippen molar-refractivity contribution < 1.29 is 14.4 Å². The van der Waals surface area contributed by atoms with E-state index < -0.39 is 13.0 Å². The highest BCUT2D eigenvalue weighted by molar-refractivity contribution is 7.70. The minimum absolute atomic E-state index is 0.134. The first-order valence-electron chi connectivity index (χ1n) is 7.66. The Balaban J connectivity index is 2.05. The first-order valence-corrected chi connectivity index (χ1v) is 9.28. The Morgan fingerprint density at radius 1 is 0.913 bits per heavy atom. The molecule has 2 rings (SSSR count). The lowest BCUT2D eigenvalue weighted by Gasteiger charge is -2.18. The summed E-state index contributed by atoms with van der Waals surface area (Å²) in [6, 6.07) is 20.2. The maximum Gasteiger partial charge on any atom is 0.369 e. The van der Waals surface area contributed by atoms with E-state index in [9.17, 15) is 4.57 Å². The average Bonchev–Trinajstić information content (AvgIpc) is 2.53. The van der Waals surface area contributed by atoms with Gasteiger partial charge in [-0.1, -0.05) is 60.7 Å².